The molecule has 1 aromatic rings. The fourth-order valence-corrected chi connectivity index (χ4v) is 1.72. The minimum atomic E-state index is -3.67. The Morgan fingerprint density at radius 1 is 1.40 bits per heavy atom. The van der Waals surface area contributed by atoms with Gasteiger partial charge in [0.25, 0.3) is 10.1 Å². The van der Waals surface area contributed by atoms with Crippen LogP contribution in [0.1, 0.15) is 0 Å². The van der Waals surface area contributed by atoms with E-state index in [1.165, 1.54) is 4.90 Å². The van der Waals surface area contributed by atoms with E-state index in [1.807, 2.05) is 36.2 Å². The van der Waals surface area contributed by atoms with E-state index in [4.69, 9.17) is 4.55 Å². The van der Waals surface area contributed by atoms with Crippen LogP contribution in [-0.2, 0) is 10.1 Å². The van der Waals surface area contributed by atoms with Crippen molar-refractivity contribution in [2.75, 3.05) is 12.0 Å². The second-order valence-corrected chi connectivity index (χ2v) is 5.35. The highest BCUT2D eigenvalue weighted by Crippen LogP contribution is 2.31. The molecule has 0 fully saturated rings. The molecule has 0 aromatic heterocycles. The molecule has 1 aromatic carbocycles. The Balaban J connectivity index is 0.000000195. The average molecular weight is 245 g/mol. The van der Waals surface area contributed by atoms with E-state index in [0.29, 0.717) is 6.26 Å². The summed E-state index contributed by atoms with van der Waals surface area (Å²) in [6.07, 6.45) is 2.67. The van der Waals surface area contributed by atoms with Crippen LogP contribution in [0, 0.1) is 0 Å². The van der Waals surface area contributed by atoms with Gasteiger partial charge in [0.15, 0.2) is 0 Å². The van der Waals surface area contributed by atoms with Crippen molar-refractivity contribution < 1.29 is 13.0 Å². The summed E-state index contributed by atoms with van der Waals surface area (Å²) >= 11 is 1.84. The predicted octanol–water partition coefficient (Wildman–Crippen LogP) is 2.00. The molecule has 0 radical (unpaired) electrons. The molecule has 4 nitrogen and oxygen atoms in total. The van der Waals surface area contributed by atoms with E-state index in [2.05, 4.69) is 11.1 Å². The predicted molar refractivity (Wildman–Crippen MR) is 62.8 cm³/mol. The molecule has 0 unspecified atom stereocenters. The maximum Gasteiger partial charge on any atom is 0.261 e. The second kappa shape index (κ2) is 5.29. The van der Waals surface area contributed by atoms with Crippen LogP contribution < -0.4 is 0 Å². The molecule has 0 aliphatic carbocycles. The first-order valence-electron chi connectivity index (χ1n) is 4.13. The van der Waals surface area contributed by atoms with Gasteiger partial charge in [-0.05, 0) is 12.1 Å². The van der Waals surface area contributed by atoms with Gasteiger partial charge in [-0.1, -0.05) is 12.1 Å². The van der Waals surface area contributed by atoms with E-state index in [0.717, 1.165) is 11.4 Å². The molecule has 1 aliphatic rings. The highest BCUT2D eigenvalue weighted by atomic mass is 32.2. The zero-order chi connectivity index (χ0) is 11.3. The summed E-state index contributed by atoms with van der Waals surface area (Å²) in [5.74, 6) is 1.01. The van der Waals surface area contributed by atoms with E-state index in [9.17, 15) is 8.42 Å². The summed E-state index contributed by atoms with van der Waals surface area (Å²) in [5, 5.41) is 0. The van der Waals surface area contributed by atoms with Gasteiger partial charge < -0.3 is 0 Å². The molecule has 82 valence electrons. The number of aliphatic imine (C=N–C) groups is 1. The summed E-state index contributed by atoms with van der Waals surface area (Å²) in [5.41, 5.74) is 1.11. The lowest BCUT2D eigenvalue weighted by Crippen LogP contribution is -1.88. The highest BCUT2D eigenvalue weighted by molar-refractivity contribution is 8.00. The van der Waals surface area contributed by atoms with Crippen LogP contribution >= 0.6 is 11.8 Å². The minimum Gasteiger partial charge on any atom is -0.286 e. The Kier molecular flexibility index (Phi) is 4.31. The summed E-state index contributed by atoms with van der Waals surface area (Å²) in [6, 6.07) is 8.21. The SMILES string of the molecule is C1=Nc2ccccc2SC1.CS(=O)(=O)O. The lowest BCUT2D eigenvalue weighted by molar-refractivity contribution is 0.490. The molecule has 1 heterocycles. The molecular weight excluding hydrogens is 234 g/mol. The van der Waals surface area contributed by atoms with Crippen LogP contribution in [0.2, 0.25) is 0 Å². The van der Waals surface area contributed by atoms with Gasteiger partial charge in [-0.15, -0.1) is 11.8 Å². The van der Waals surface area contributed by atoms with Crippen molar-refractivity contribution in [1.82, 2.24) is 0 Å². The van der Waals surface area contributed by atoms with Crippen LogP contribution in [-0.4, -0.2) is 31.2 Å². The van der Waals surface area contributed by atoms with Crippen molar-refractivity contribution in [2.24, 2.45) is 4.99 Å². The monoisotopic (exact) mass is 245 g/mol. The van der Waals surface area contributed by atoms with Gasteiger partial charge in [-0.25, -0.2) is 0 Å². The van der Waals surface area contributed by atoms with Gasteiger partial charge in [0.05, 0.1) is 11.9 Å². The third kappa shape index (κ3) is 5.56. The number of nitrogens with zero attached hydrogens (tertiary/aromatic N) is 1. The van der Waals surface area contributed by atoms with Crippen molar-refractivity contribution in [2.45, 2.75) is 4.90 Å². The fourth-order valence-electron chi connectivity index (χ4n) is 0.949. The first kappa shape index (κ1) is 12.2. The molecular formula is C9H11NO3S2. The van der Waals surface area contributed by atoms with Gasteiger partial charge in [0, 0.05) is 16.9 Å². The first-order chi connectivity index (χ1) is 6.97. The normalized spacial score (nSPS) is 13.7. The summed E-state index contributed by atoms with van der Waals surface area (Å²) in [6.45, 7) is 0. The van der Waals surface area contributed by atoms with Crippen LogP contribution in [0.25, 0.3) is 0 Å². The second-order valence-electron chi connectivity index (χ2n) is 2.82. The largest absolute Gasteiger partial charge is 0.286 e. The number of hydrogen-bond donors (Lipinski definition) is 1. The zero-order valence-electron chi connectivity index (χ0n) is 8.12. The molecule has 0 saturated heterocycles. The topological polar surface area (TPSA) is 66.7 Å². The Labute approximate surface area is 93.2 Å². The molecule has 15 heavy (non-hydrogen) atoms. The zero-order valence-corrected chi connectivity index (χ0v) is 9.75. The van der Waals surface area contributed by atoms with Gasteiger partial charge >= 0.3 is 0 Å². The van der Waals surface area contributed by atoms with Crippen LogP contribution in [0.3, 0.4) is 0 Å². The standard InChI is InChI=1S/C8H7NS.CH4O3S/c1-2-4-8-7(3-1)9-5-6-10-8;1-5(2,3)4/h1-5H,6H2;1H3,(H,2,3,4). The molecule has 6 heteroatoms. The average Bonchev–Trinajstić information content (AvgIpc) is 2.16. The number of para-hydroxylation sites is 1. The third-order valence-corrected chi connectivity index (χ3v) is 2.38. The first-order valence-corrected chi connectivity index (χ1v) is 6.97. The van der Waals surface area contributed by atoms with Gasteiger partial charge in [-0.2, -0.15) is 8.42 Å². The summed E-state index contributed by atoms with van der Waals surface area (Å²) in [7, 11) is -3.67. The summed E-state index contributed by atoms with van der Waals surface area (Å²) in [4.78, 5) is 5.54. The number of fused-ring (bicyclic) bond motifs is 1. The van der Waals surface area contributed by atoms with Crippen LogP contribution in [0.15, 0.2) is 34.2 Å². The maximum atomic E-state index is 9.19. The molecule has 0 spiro atoms. The van der Waals surface area contributed by atoms with E-state index < -0.39 is 10.1 Å². The van der Waals surface area contributed by atoms with Crippen molar-refractivity contribution in [1.29, 1.82) is 0 Å². The molecule has 2 rings (SSSR count). The molecule has 1 N–H and O–H groups in total. The lowest BCUT2D eigenvalue weighted by Gasteiger charge is -2.06. The molecule has 0 bridgehead atoms. The Morgan fingerprint density at radius 2 is 2.00 bits per heavy atom. The van der Waals surface area contributed by atoms with Gasteiger partial charge in [0.2, 0.25) is 0 Å². The minimum absolute atomic E-state index is 0.715. The highest BCUT2D eigenvalue weighted by Gasteiger charge is 2.02. The number of thioether (sulfide) groups is 1. The van der Waals surface area contributed by atoms with Crippen LogP contribution in [0.5, 0.6) is 0 Å². The third-order valence-electron chi connectivity index (χ3n) is 1.41. The fraction of sp³-hybridized carbons (Fsp3) is 0.222. The van der Waals surface area contributed by atoms with Crippen LogP contribution in [0.4, 0.5) is 5.69 Å². The van der Waals surface area contributed by atoms with Crippen molar-refractivity contribution in [3.05, 3.63) is 24.3 Å². The summed E-state index contributed by atoms with van der Waals surface area (Å²) < 4.78 is 25.9. The molecule has 1 aliphatic heterocycles. The molecule has 0 atom stereocenters. The van der Waals surface area contributed by atoms with E-state index in [-0.39, 0.29) is 0 Å². The van der Waals surface area contributed by atoms with Crippen molar-refractivity contribution in [3.8, 4) is 0 Å². The van der Waals surface area contributed by atoms with E-state index in [1.54, 1.807) is 0 Å². The Hall–Kier alpha value is -0.850. The Bertz CT molecular complexity index is 446. The smallest absolute Gasteiger partial charge is 0.261 e. The number of benzene rings is 1. The van der Waals surface area contributed by atoms with Gasteiger partial charge in [0.1, 0.15) is 0 Å². The quantitative estimate of drug-likeness (QED) is 0.710. The van der Waals surface area contributed by atoms with Gasteiger partial charge in [-0.3, -0.25) is 9.55 Å². The maximum absolute atomic E-state index is 9.19. The number of rotatable bonds is 0. The van der Waals surface area contributed by atoms with E-state index >= 15 is 0 Å². The molecule has 0 saturated carbocycles. The van der Waals surface area contributed by atoms with Crippen molar-refractivity contribution in [3.63, 3.8) is 0 Å². The van der Waals surface area contributed by atoms with Crippen molar-refractivity contribution >= 4 is 33.8 Å². The Morgan fingerprint density at radius 3 is 2.60 bits per heavy atom. The lowest BCUT2D eigenvalue weighted by atomic mass is 10.3. The molecule has 0 amide bonds. The number of hydrogen-bond acceptors (Lipinski definition) is 4.